The maximum Gasteiger partial charge on any atom is 0.343 e. The van der Waals surface area contributed by atoms with E-state index in [-0.39, 0.29) is 28.7 Å². The van der Waals surface area contributed by atoms with Gasteiger partial charge in [0.05, 0.1) is 11.4 Å². The van der Waals surface area contributed by atoms with Gasteiger partial charge in [0.15, 0.2) is 0 Å². The second-order valence-electron chi connectivity index (χ2n) is 6.14. The molecule has 3 rings (SSSR count). The molecule has 142 valence electrons. The summed E-state index contributed by atoms with van der Waals surface area (Å²) in [6, 6.07) is 13.6. The Morgan fingerprint density at radius 1 is 1.04 bits per heavy atom. The number of sulfonamides is 1. The first-order chi connectivity index (χ1) is 13.0. The quantitative estimate of drug-likeness (QED) is 0.772. The fourth-order valence-electron chi connectivity index (χ4n) is 2.88. The highest BCUT2D eigenvalue weighted by atomic mass is 32.2. The number of benzene rings is 2. The van der Waals surface area contributed by atoms with Gasteiger partial charge in [-0.05, 0) is 30.7 Å². The van der Waals surface area contributed by atoms with Crippen LogP contribution in [0.4, 0.5) is 16.2 Å². The van der Waals surface area contributed by atoms with Gasteiger partial charge in [0, 0.05) is 6.54 Å². The molecular formula is C19H21N3O4S. The average Bonchev–Trinajstić information content (AvgIpc) is 2.66. The summed E-state index contributed by atoms with van der Waals surface area (Å²) >= 11 is 0. The van der Waals surface area contributed by atoms with E-state index in [0.717, 1.165) is 17.1 Å². The highest BCUT2D eigenvalue weighted by Crippen LogP contribution is 2.36. The Bertz CT molecular complexity index is 944. The van der Waals surface area contributed by atoms with E-state index < -0.39 is 16.1 Å². The predicted octanol–water partition coefficient (Wildman–Crippen LogP) is 2.74. The second kappa shape index (κ2) is 7.79. The number of unbranched alkanes of at least 4 members (excludes halogenated alkanes) is 1. The van der Waals surface area contributed by atoms with Crippen molar-refractivity contribution >= 4 is 33.3 Å². The number of carbonyl (C=O) groups is 2. The number of anilines is 2. The average molecular weight is 387 g/mol. The number of urea groups is 1. The van der Waals surface area contributed by atoms with Crippen LogP contribution in [0.2, 0.25) is 0 Å². The first-order valence-electron chi connectivity index (χ1n) is 8.74. The van der Waals surface area contributed by atoms with Gasteiger partial charge in [-0.1, -0.05) is 43.7 Å². The van der Waals surface area contributed by atoms with Crippen LogP contribution in [0.3, 0.4) is 0 Å². The molecule has 2 aromatic carbocycles. The van der Waals surface area contributed by atoms with Crippen LogP contribution in [0.15, 0.2) is 59.5 Å². The molecule has 1 N–H and O–H groups in total. The zero-order chi connectivity index (χ0) is 19.4. The standard InChI is InChI=1S/C19H21N3O4S/c1-2-3-13-20-18(23)14-21-16-11-7-8-12-17(16)27(25,26)22(19(21)24)15-9-5-4-6-10-15/h4-12H,2-3,13-14H2,1H3,(H,20,23). The largest absolute Gasteiger partial charge is 0.355 e. The van der Waals surface area contributed by atoms with Gasteiger partial charge in [-0.25, -0.2) is 13.2 Å². The number of para-hydroxylation sites is 2. The SMILES string of the molecule is CCCCNC(=O)CN1C(=O)N(c2ccccc2)S(=O)(=O)c2ccccc21. The van der Waals surface area contributed by atoms with Crippen LogP contribution >= 0.6 is 0 Å². The minimum Gasteiger partial charge on any atom is -0.355 e. The monoisotopic (exact) mass is 387 g/mol. The van der Waals surface area contributed by atoms with Crippen molar-refractivity contribution in [2.24, 2.45) is 0 Å². The molecule has 0 saturated heterocycles. The Hall–Kier alpha value is -2.87. The lowest BCUT2D eigenvalue weighted by atomic mass is 10.2. The van der Waals surface area contributed by atoms with Crippen molar-refractivity contribution in [3.63, 3.8) is 0 Å². The summed E-state index contributed by atoms with van der Waals surface area (Å²) in [6.07, 6.45) is 1.77. The third kappa shape index (κ3) is 3.66. The number of nitrogens with zero attached hydrogens (tertiary/aromatic N) is 2. The summed E-state index contributed by atoms with van der Waals surface area (Å²) in [5.74, 6) is -0.334. The van der Waals surface area contributed by atoms with Crippen LogP contribution in [0.5, 0.6) is 0 Å². The molecule has 0 unspecified atom stereocenters. The molecule has 1 aliphatic rings. The van der Waals surface area contributed by atoms with Crippen molar-refractivity contribution in [1.29, 1.82) is 0 Å². The Morgan fingerprint density at radius 3 is 2.41 bits per heavy atom. The molecule has 0 atom stereocenters. The molecule has 0 bridgehead atoms. The van der Waals surface area contributed by atoms with Gasteiger partial charge in [-0.15, -0.1) is 0 Å². The van der Waals surface area contributed by atoms with Gasteiger partial charge in [-0.2, -0.15) is 4.31 Å². The van der Waals surface area contributed by atoms with Crippen molar-refractivity contribution in [2.75, 3.05) is 22.3 Å². The highest BCUT2D eigenvalue weighted by Gasteiger charge is 2.42. The number of hydrogen-bond donors (Lipinski definition) is 1. The fraction of sp³-hybridized carbons (Fsp3) is 0.263. The van der Waals surface area contributed by atoms with E-state index >= 15 is 0 Å². The second-order valence-corrected chi connectivity index (χ2v) is 7.90. The summed E-state index contributed by atoms with van der Waals surface area (Å²) in [6.45, 7) is 2.28. The zero-order valence-corrected chi connectivity index (χ0v) is 15.8. The van der Waals surface area contributed by atoms with Gasteiger partial charge < -0.3 is 5.32 Å². The Kier molecular flexibility index (Phi) is 5.46. The van der Waals surface area contributed by atoms with E-state index in [1.807, 2.05) is 6.92 Å². The number of nitrogens with one attached hydrogen (secondary N) is 1. The van der Waals surface area contributed by atoms with Crippen LogP contribution < -0.4 is 14.5 Å². The maximum atomic E-state index is 13.1. The minimum absolute atomic E-state index is 0.00480. The molecule has 27 heavy (non-hydrogen) atoms. The Labute approximate surface area is 158 Å². The molecule has 1 aliphatic heterocycles. The number of carbonyl (C=O) groups excluding carboxylic acids is 2. The molecule has 0 fully saturated rings. The summed E-state index contributed by atoms with van der Waals surface area (Å²) < 4.78 is 26.8. The summed E-state index contributed by atoms with van der Waals surface area (Å²) in [5.41, 5.74) is 0.439. The van der Waals surface area contributed by atoms with E-state index in [1.54, 1.807) is 42.5 Å². The third-order valence-corrected chi connectivity index (χ3v) is 5.97. The molecule has 0 saturated carbocycles. The van der Waals surface area contributed by atoms with Gasteiger partial charge in [0.2, 0.25) is 5.91 Å². The number of rotatable bonds is 6. The van der Waals surface area contributed by atoms with Crippen LogP contribution in [-0.2, 0) is 14.8 Å². The lowest BCUT2D eigenvalue weighted by Gasteiger charge is -2.35. The van der Waals surface area contributed by atoms with Crippen LogP contribution in [0.25, 0.3) is 0 Å². The molecule has 3 amide bonds. The molecule has 0 aliphatic carbocycles. The number of hydrogen-bond acceptors (Lipinski definition) is 4. The lowest BCUT2D eigenvalue weighted by Crippen LogP contribution is -2.53. The number of amides is 3. The minimum atomic E-state index is -4.06. The van der Waals surface area contributed by atoms with E-state index in [9.17, 15) is 18.0 Å². The maximum absolute atomic E-state index is 13.1. The molecule has 0 spiro atoms. The number of fused-ring (bicyclic) bond motifs is 1. The van der Waals surface area contributed by atoms with E-state index in [2.05, 4.69) is 5.32 Å². The molecule has 0 aromatic heterocycles. The first kappa shape index (κ1) is 18.9. The molecule has 8 heteroatoms. The highest BCUT2D eigenvalue weighted by molar-refractivity contribution is 7.94. The summed E-state index contributed by atoms with van der Waals surface area (Å²) in [5, 5.41) is 2.76. The van der Waals surface area contributed by atoms with Crippen LogP contribution in [0.1, 0.15) is 19.8 Å². The van der Waals surface area contributed by atoms with Crippen molar-refractivity contribution in [2.45, 2.75) is 24.7 Å². The first-order valence-corrected chi connectivity index (χ1v) is 10.2. The van der Waals surface area contributed by atoms with E-state index in [1.165, 1.54) is 17.0 Å². The topological polar surface area (TPSA) is 86.8 Å². The van der Waals surface area contributed by atoms with E-state index in [0.29, 0.717) is 6.54 Å². The van der Waals surface area contributed by atoms with Crippen LogP contribution in [-0.4, -0.2) is 33.4 Å². The van der Waals surface area contributed by atoms with Gasteiger partial charge in [-0.3, -0.25) is 9.69 Å². The van der Waals surface area contributed by atoms with Crippen molar-refractivity contribution in [1.82, 2.24) is 5.32 Å². The zero-order valence-electron chi connectivity index (χ0n) is 15.0. The molecule has 1 heterocycles. The van der Waals surface area contributed by atoms with Gasteiger partial charge in [0.25, 0.3) is 10.0 Å². The molecule has 0 radical (unpaired) electrons. The predicted molar refractivity (Wildman–Crippen MR) is 103 cm³/mol. The lowest BCUT2D eigenvalue weighted by molar-refractivity contribution is -0.119. The van der Waals surface area contributed by atoms with E-state index in [4.69, 9.17) is 0 Å². The van der Waals surface area contributed by atoms with Crippen molar-refractivity contribution in [3.8, 4) is 0 Å². The normalized spacial score (nSPS) is 15.4. The van der Waals surface area contributed by atoms with Gasteiger partial charge in [0.1, 0.15) is 11.4 Å². The van der Waals surface area contributed by atoms with Crippen molar-refractivity contribution < 1.29 is 18.0 Å². The van der Waals surface area contributed by atoms with Crippen molar-refractivity contribution in [3.05, 3.63) is 54.6 Å². The molecule has 2 aromatic rings. The third-order valence-electron chi connectivity index (χ3n) is 4.22. The van der Waals surface area contributed by atoms with Crippen LogP contribution in [0, 0.1) is 0 Å². The van der Waals surface area contributed by atoms with Gasteiger partial charge >= 0.3 is 6.03 Å². The Morgan fingerprint density at radius 2 is 1.70 bits per heavy atom. The Balaban J connectivity index is 2.01. The summed E-state index contributed by atoms with van der Waals surface area (Å²) in [7, 11) is -4.06. The molecular weight excluding hydrogens is 366 g/mol. The fourth-order valence-corrected chi connectivity index (χ4v) is 4.47. The molecule has 7 nitrogen and oxygen atoms in total. The smallest absolute Gasteiger partial charge is 0.343 e. The summed E-state index contributed by atoms with van der Waals surface area (Å²) in [4.78, 5) is 26.5.